The first-order valence-electron chi connectivity index (χ1n) is 4.60. The molecule has 0 aromatic rings. The van der Waals surface area contributed by atoms with E-state index in [0.717, 1.165) is 19.3 Å². The summed E-state index contributed by atoms with van der Waals surface area (Å²) in [6.07, 6.45) is 3.72. The van der Waals surface area contributed by atoms with Gasteiger partial charge in [0.2, 0.25) is 0 Å². The van der Waals surface area contributed by atoms with Gasteiger partial charge in [-0.05, 0) is 12.8 Å². The molecule has 2 unspecified atom stereocenters. The lowest BCUT2D eigenvalue weighted by Crippen LogP contribution is -2.23. The van der Waals surface area contributed by atoms with Gasteiger partial charge in [-0.25, -0.2) is 0 Å². The second kappa shape index (κ2) is 4.45. The number of hydrogen-bond donors (Lipinski definition) is 1. The van der Waals surface area contributed by atoms with Crippen molar-refractivity contribution in [3.05, 3.63) is 0 Å². The minimum Gasteiger partial charge on any atom is -0.481 e. The highest BCUT2D eigenvalue weighted by Crippen LogP contribution is 2.24. The fraction of sp³-hybridized carbons (Fsp3) is 0.889. The highest BCUT2D eigenvalue weighted by Gasteiger charge is 2.33. The van der Waals surface area contributed by atoms with Gasteiger partial charge in [0.25, 0.3) is 0 Å². The maximum atomic E-state index is 10.7. The van der Waals surface area contributed by atoms with Gasteiger partial charge in [0.1, 0.15) is 0 Å². The molecule has 1 N–H and O–H groups in total. The Hall–Kier alpha value is -0.570. The Morgan fingerprint density at radius 3 is 3.00 bits per heavy atom. The normalized spacial score (nSPS) is 29.1. The van der Waals surface area contributed by atoms with Crippen LogP contribution in [0.15, 0.2) is 0 Å². The van der Waals surface area contributed by atoms with Gasteiger partial charge in [-0.1, -0.05) is 19.8 Å². The third-order valence-corrected chi connectivity index (χ3v) is 2.37. The van der Waals surface area contributed by atoms with Crippen molar-refractivity contribution in [1.82, 2.24) is 0 Å². The van der Waals surface area contributed by atoms with Crippen molar-refractivity contribution in [3.63, 3.8) is 0 Å². The number of hydrogen-bond acceptors (Lipinski definition) is 2. The van der Waals surface area contributed by atoms with Crippen LogP contribution in [-0.4, -0.2) is 23.8 Å². The molecular weight excluding hydrogens is 156 g/mol. The van der Waals surface area contributed by atoms with Crippen molar-refractivity contribution in [2.75, 3.05) is 6.61 Å². The number of carboxylic acids is 1. The van der Waals surface area contributed by atoms with Gasteiger partial charge in [0, 0.05) is 6.61 Å². The van der Waals surface area contributed by atoms with Gasteiger partial charge in [0.15, 0.2) is 0 Å². The molecule has 0 aromatic carbocycles. The van der Waals surface area contributed by atoms with Gasteiger partial charge in [-0.15, -0.1) is 0 Å². The van der Waals surface area contributed by atoms with E-state index >= 15 is 0 Å². The minimum absolute atomic E-state index is 0.0255. The molecular formula is C9H16O3. The number of carboxylic acid groups (broad SMARTS) is 1. The molecule has 1 fully saturated rings. The molecule has 0 saturated carbocycles. The summed E-state index contributed by atoms with van der Waals surface area (Å²) in [4.78, 5) is 10.7. The highest BCUT2D eigenvalue weighted by atomic mass is 16.5. The number of unbranched alkanes of at least 4 members (excludes halogenated alkanes) is 1. The van der Waals surface area contributed by atoms with Crippen LogP contribution in [0.2, 0.25) is 0 Å². The summed E-state index contributed by atoms with van der Waals surface area (Å²) < 4.78 is 5.35. The summed E-state index contributed by atoms with van der Waals surface area (Å²) in [6, 6.07) is 0. The van der Waals surface area contributed by atoms with E-state index in [1.54, 1.807) is 0 Å². The standard InChI is InChI=1S/C9H16O3/c1-2-3-4-8-7(9(10)11)5-6-12-8/h7-8H,2-6H2,1H3,(H,10,11). The monoisotopic (exact) mass is 172 g/mol. The Morgan fingerprint density at radius 2 is 2.42 bits per heavy atom. The smallest absolute Gasteiger partial charge is 0.309 e. The molecule has 3 nitrogen and oxygen atoms in total. The van der Waals surface area contributed by atoms with Crippen LogP contribution in [0.1, 0.15) is 32.6 Å². The second-order valence-electron chi connectivity index (χ2n) is 3.28. The van der Waals surface area contributed by atoms with Crippen LogP contribution in [0, 0.1) is 5.92 Å². The molecule has 3 heteroatoms. The quantitative estimate of drug-likeness (QED) is 0.701. The number of rotatable bonds is 4. The minimum atomic E-state index is -0.700. The number of ether oxygens (including phenoxy) is 1. The van der Waals surface area contributed by atoms with Crippen molar-refractivity contribution >= 4 is 5.97 Å². The van der Waals surface area contributed by atoms with Crippen LogP contribution in [0.4, 0.5) is 0 Å². The van der Waals surface area contributed by atoms with Crippen molar-refractivity contribution in [2.45, 2.75) is 38.7 Å². The van der Waals surface area contributed by atoms with Crippen LogP contribution in [0.5, 0.6) is 0 Å². The number of carbonyl (C=O) groups is 1. The average molecular weight is 172 g/mol. The second-order valence-corrected chi connectivity index (χ2v) is 3.28. The Morgan fingerprint density at radius 1 is 1.67 bits per heavy atom. The summed E-state index contributed by atoms with van der Waals surface area (Å²) >= 11 is 0. The zero-order valence-electron chi connectivity index (χ0n) is 7.45. The van der Waals surface area contributed by atoms with Crippen LogP contribution < -0.4 is 0 Å². The Balaban J connectivity index is 2.35. The molecule has 0 spiro atoms. The van der Waals surface area contributed by atoms with E-state index in [1.807, 2.05) is 0 Å². The Labute approximate surface area is 72.7 Å². The summed E-state index contributed by atoms with van der Waals surface area (Å²) in [5.41, 5.74) is 0. The molecule has 0 bridgehead atoms. The van der Waals surface area contributed by atoms with E-state index in [2.05, 4.69) is 6.92 Å². The van der Waals surface area contributed by atoms with Gasteiger partial charge >= 0.3 is 5.97 Å². The molecule has 12 heavy (non-hydrogen) atoms. The van der Waals surface area contributed by atoms with Crippen molar-refractivity contribution < 1.29 is 14.6 Å². The summed E-state index contributed by atoms with van der Waals surface area (Å²) in [6.45, 7) is 2.72. The average Bonchev–Trinajstić information content (AvgIpc) is 2.48. The van der Waals surface area contributed by atoms with E-state index in [1.165, 1.54) is 0 Å². The third kappa shape index (κ3) is 2.21. The fourth-order valence-corrected chi connectivity index (χ4v) is 1.62. The molecule has 0 aliphatic carbocycles. The highest BCUT2D eigenvalue weighted by molar-refractivity contribution is 5.71. The lowest BCUT2D eigenvalue weighted by Gasteiger charge is -2.13. The topological polar surface area (TPSA) is 46.5 Å². The van der Waals surface area contributed by atoms with Gasteiger partial charge in [-0.3, -0.25) is 4.79 Å². The zero-order chi connectivity index (χ0) is 8.97. The molecule has 0 amide bonds. The van der Waals surface area contributed by atoms with Gasteiger partial charge in [0.05, 0.1) is 12.0 Å². The molecule has 1 aliphatic rings. The fourth-order valence-electron chi connectivity index (χ4n) is 1.62. The predicted octanol–water partition coefficient (Wildman–Crippen LogP) is 1.67. The van der Waals surface area contributed by atoms with Gasteiger partial charge < -0.3 is 9.84 Å². The largest absolute Gasteiger partial charge is 0.481 e. The molecule has 0 aromatic heterocycles. The predicted molar refractivity (Wildman–Crippen MR) is 45.0 cm³/mol. The van der Waals surface area contributed by atoms with Crippen LogP contribution in [-0.2, 0) is 9.53 Å². The van der Waals surface area contributed by atoms with Crippen molar-refractivity contribution in [1.29, 1.82) is 0 Å². The van der Waals surface area contributed by atoms with Crippen molar-refractivity contribution in [3.8, 4) is 0 Å². The first-order chi connectivity index (χ1) is 5.75. The molecule has 1 aliphatic heterocycles. The van der Waals surface area contributed by atoms with Crippen LogP contribution in [0.3, 0.4) is 0 Å². The molecule has 1 saturated heterocycles. The molecule has 2 atom stereocenters. The first-order valence-corrected chi connectivity index (χ1v) is 4.60. The molecule has 70 valence electrons. The number of aliphatic carboxylic acids is 1. The molecule has 1 heterocycles. The summed E-state index contributed by atoms with van der Waals surface area (Å²) in [5.74, 6) is -0.954. The maximum Gasteiger partial charge on any atom is 0.309 e. The molecule has 0 radical (unpaired) electrons. The van der Waals surface area contributed by atoms with Crippen LogP contribution in [0.25, 0.3) is 0 Å². The van der Waals surface area contributed by atoms with Gasteiger partial charge in [-0.2, -0.15) is 0 Å². The Kier molecular flexibility index (Phi) is 3.53. The van der Waals surface area contributed by atoms with E-state index in [4.69, 9.17) is 9.84 Å². The first kappa shape index (κ1) is 9.52. The SMILES string of the molecule is CCCCC1OCCC1C(=O)O. The summed E-state index contributed by atoms with van der Waals surface area (Å²) in [7, 11) is 0. The Bertz CT molecular complexity index is 156. The third-order valence-electron chi connectivity index (χ3n) is 2.37. The lowest BCUT2D eigenvalue weighted by atomic mass is 9.98. The maximum absolute atomic E-state index is 10.7. The van der Waals surface area contributed by atoms with E-state index in [9.17, 15) is 4.79 Å². The summed E-state index contributed by atoms with van der Waals surface area (Å²) in [5, 5.41) is 8.80. The zero-order valence-corrected chi connectivity index (χ0v) is 7.45. The molecule has 1 rings (SSSR count). The van der Waals surface area contributed by atoms with Crippen molar-refractivity contribution in [2.24, 2.45) is 5.92 Å². The van der Waals surface area contributed by atoms with Crippen LogP contribution >= 0.6 is 0 Å². The van der Waals surface area contributed by atoms with E-state index in [0.29, 0.717) is 13.0 Å². The van der Waals surface area contributed by atoms with E-state index < -0.39 is 5.97 Å². The lowest BCUT2D eigenvalue weighted by molar-refractivity contribution is -0.143. The van der Waals surface area contributed by atoms with E-state index in [-0.39, 0.29) is 12.0 Å².